The van der Waals surface area contributed by atoms with Crippen LogP contribution in [-0.2, 0) is 14.4 Å². The minimum atomic E-state index is -1.80. The lowest BCUT2D eigenvalue weighted by molar-refractivity contribution is -0.154. The van der Waals surface area contributed by atoms with Crippen LogP contribution in [0.25, 0.3) is 0 Å². The normalized spacial score (nSPS) is 15.8. The summed E-state index contributed by atoms with van der Waals surface area (Å²) in [6, 6.07) is -0.819. The Morgan fingerprint density at radius 1 is 1.09 bits per heavy atom. The van der Waals surface area contributed by atoms with Crippen LogP contribution in [-0.4, -0.2) is 47.2 Å². The summed E-state index contributed by atoms with van der Waals surface area (Å²) < 4.78 is 0. The van der Waals surface area contributed by atoms with E-state index in [0.717, 1.165) is 0 Å². The van der Waals surface area contributed by atoms with Gasteiger partial charge in [-0.25, -0.2) is 4.79 Å². The lowest BCUT2D eigenvalue weighted by atomic mass is 9.84. The fraction of sp³-hybridized carbons (Fsp3) is 0.800. The molecule has 0 saturated heterocycles. The van der Waals surface area contributed by atoms with Gasteiger partial charge in [-0.3, -0.25) is 9.59 Å². The SMILES string of the molecule is CNC(=O)[C@@H](NC(=O)[C@H](CC(C)C)[C@H](O)C(=O)O)C(C)(C)C. The maximum atomic E-state index is 12.4. The average molecular weight is 316 g/mol. The number of carbonyl (C=O) groups is 3. The fourth-order valence-electron chi connectivity index (χ4n) is 2.13. The van der Waals surface area contributed by atoms with Gasteiger partial charge in [-0.05, 0) is 17.8 Å². The molecule has 0 aromatic carbocycles. The number of rotatable bonds is 7. The Kier molecular flexibility index (Phi) is 7.52. The molecule has 7 heteroatoms. The summed E-state index contributed by atoms with van der Waals surface area (Å²) in [6.07, 6.45) is -1.59. The van der Waals surface area contributed by atoms with Crippen LogP contribution in [0.3, 0.4) is 0 Å². The lowest BCUT2D eigenvalue weighted by Gasteiger charge is -2.32. The van der Waals surface area contributed by atoms with Crippen molar-refractivity contribution in [3.05, 3.63) is 0 Å². The van der Waals surface area contributed by atoms with Crippen LogP contribution in [0.2, 0.25) is 0 Å². The zero-order valence-electron chi connectivity index (χ0n) is 14.1. The van der Waals surface area contributed by atoms with Crippen LogP contribution in [0.15, 0.2) is 0 Å². The molecule has 0 heterocycles. The monoisotopic (exact) mass is 316 g/mol. The Hall–Kier alpha value is -1.63. The van der Waals surface area contributed by atoms with E-state index in [1.807, 2.05) is 13.8 Å². The molecule has 0 aliphatic carbocycles. The van der Waals surface area contributed by atoms with E-state index >= 15 is 0 Å². The van der Waals surface area contributed by atoms with Gasteiger partial charge in [-0.2, -0.15) is 0 Å². The smallest absolute Gasteiger partial charge is 0.333 e. The lowest BCUT2D eigenvalue weighted by Crippen LogP contribution is -2.55. The van der Waals surface area contributed by atoms with E-state index < -0.39 is 35.4 Å². The Labute approximate surface area is 131 Å². The fourth-order valence-corrected chi connectivity index (χ4v) is 2.13. The standard InChI is InChI=1S/C15H28N2O5/c1-8(2)7-9(10(18)14(21)22)12(19)17-11(13(20)16-6)15(3,4)5/h8-11,18H,7H2,1-6H3,(H,16,20)(H,17,19)(H,21,22)/t9-,10+,11-/m1/s1. The summed E-state index contributed by atoms with van der Waals surface area (Å²) in [4.78, 5) is 35.3. The molecular formula is C15H28N2O5. The molecule has 0 bridgehead atoms. The number of hydrogen-bond donors (Lipinski definition) is 4. The summed E-state index contributed by atoms with van der Waals surface area (Å²) >= 11 is 0. The van der Waals surface area contributed by atoms with Gasteiger partial charge in [0.15, 0.2) is 6.10 Å². The van der Waals surface area contributed by atoms with Gasteiger partial charge in [0.2, 0.25) is 11.8 Å². The zero-order chi connectivity index (χ0) is 17.7. The Morgan fingerprint density at radius 2 is 1.59 bits per heavy atom. The van der Waals surface area contributed by atoms with Crippen LogP contribution in [0.1, 0.15) is 41.0 Å². The minimum absolute atomic E-state index is 0.0258. The van der Waals surface area contributed by atoms with Crippen LogP contribution in [0.4, 0.5) is 0 Å². The van der Waals surface area contributed by atoms with Crippen LogP contribution in [0.5, 0.6) is 0 Å². The summed E-state index contributed by atoms with van der Waals surface area (Å²) in [5, 5.41) is 23.8. The molecule has 0 aliphatic heterocycles. The van der Waals surface area contributed by atoms with Crippen molar-refractivity contribution in [3.8, 4) is 0 Å². The summed E-state index contributed by atoms with van der Waals surface area (Å²) in [6.45, 7) is 9.03. The number of likely N-dealkylation sites (N-methyl/N-ethyl adjacent to an activating group) is 1. The predicted molar refractivity (Wildman–Crippen MR) is 82.0 cm³/mol. The predicted octanol–water partition coefficient (Wildman–Crippen LogP) is 0.371. The van der Waals surface area contributed by atoms with E-state index in [-0.39, 0.29) is 18.2 Å². The number of aliphatic hydroxyl groups is 1. The van der Waals surface area contributed by atoms with Crippen LogP contribution < -0.4 is 10.6 Å². The first-order valence-electron chi connectivity index (χ1n) is 7.34. The Bertz CT molecular complexity index is 415. The number of carbonyl (C=O) groups excluding carboxylic acids is 2. The highest BCUT2D eigenvalue weighted by molar-refractivity contribution is 5.91. The third-order valence-corrected chi connectivity index (χ3v) is 3.36. The largest absolute Gasteiger partial charge is 0.479 e. The van der Waals surface area contributed by atoms with Gasteiger partial charge >= 0.3 is 5.97 Å². The topological polar surface area (TPSA) is 116 Å². The van der Waals surface area contributed by atoms with E-state index in [9.17, 15) is 19.5 Å². The molecule has 22 heavy (non-hydrogen) atoms. The van der Waals surface area contributed by atoms with Gasteiger partial charge in [0.25, 0.3) is 0 Å². The van der Waals surface area contributed by atoms with E-state index in [0.29, 0.717) is 0 Å². The molecule has 4 N–H and O–H groups in total. The summed E-state index contributed by atoms with van der Waals surface area (Å²) in [7, 11) is 1.46. The van der Waals surface area contributed by atoms with E-state index in [1.165, 1.54) is 7.05 Å². The molecule has 0 saturated carbocycles. The van der Waals surface area contributed by atoms with E-state index in [4.69, 9.17) is 5.11 Å². The highest BCUT2D eigenvalue weighted by atomic mass is 16.4. The average Bonchev–Trinajstić information content (AvgIpc) is 2.38. The quantitative estimate of drug-likeness (QED) is 0.541. The number of aliphatic hydroxyl groups excluding tert-OH is 1. The summed E-state index contributed by atoms with van der Waals surface area (Å²) in [5.74, 6) is -3.53. The van der Waals surface area contributed by atoms with Gasteiger partial charge in [0.1, 0.15) is 6.04 Å². The van der Waals surface area contributed by atoms with Crippen LogP contribution in [0, 0.1) is 17.3 Å². The number of nitrogens with one attached hydrogen (secondary N) is 2. The molecule has 0 spiro atoms. The van der Waals surface area contributed by atoms with Gasteiger partial charge in [-0.15, -0.1) is 0 Å². The minimum Gasteiger partial charge on any atom is -0.479 e. The Balaban J connectivity index is 5.29. The highest BCUT2D eigenvalue weighted by Crippen LogP contribution is 2.22. The summed E-state index contributed by atoms with van der Waals surface area (Å²) in [5.41, 5.74) is -0.549. The van der Waals surface area contributed by atoms with Gasteiger partial charge < -0.3 is 20.8 Å². The molecule has 2 amide bonds. The molecule has 128 valence electrons. The molecule has 0 radical (unpaired) electrons. The van der Waals surface area contributed by atoms with Crippen molar-refractivity contribution in [1.29, 1.82) is 0 Å². The second-order valence-electron chi connectivity index (χ2n) is 6.94. The molecule has 0 aromatic heterocycles. The van der Waals surface area contributed by atoms with Gasteiger partial charge in [0, 0.05) is 7.05 Å². The van der Waals surface area contributed by atoms with Gasteiger partial charge in [-0.1, -0.05) is 34.6 Å². The number of aliphatic carboxylic acids is 1. The number of carboxylic acid groups (broad SMARTS) is 1. The van der Waals surface area contributed by atoms with Crippen molar-refractivity contribution in [2.45, 2.75) is 53.2 Å². The second kappa shape index (κ2) is 8.12. The van der Waals surface area contributed by atoms with E-state index in [1.54, 1.807) is 20.8 Å². The second-order valence-corrected chi connectivity index (χ2v) is 6.94. The molecule has 0 unspecified atom stereocenters. The number of hydrogen-bond acceptors (Lipinski definition) is 4. The number of amides is 2. The van der Waals surface area contributed by atoms with Crippen molar-refractivity contribution >= 4 is 17.8 Å². The Morgan fingerprint density at radius 3 is 1.91 bits per heavy atom. The molecule has 7 nitrogen and oxygen atoms in total. The van der Waals surface area contributed by atoms with Crippen molar-refractivity contribution in [3.63, 3.8) is 0 Å². The first kappa shape index (κ1) is 20.4. The first-order valence-corrected chi connectivity index (χ1v) is 7.34. The van der Waals surface area contributed by atoms with Crippen molar-refractivity contribution in [2.75, 3.05) is 7.05 Å². The zero-order valence-corrected chi connectivity index (χ0v) is 14.1. The van der Waals surface area contributed by atoms with Crippen molar-refractivity contribution in [1.82, 2.24) is 10.6 Å². The van der Waals surface area contributed by atoms with Crippen molar-refractivity contribution in [2.24, 2.45) is 17.3 Å². The first-order chi connectivity index (χ1) is 9.91. The molecule has 3 atom stereocenters. The maximum Gasteiger partial charge on any atom is 0.333 e. The van der Waals surface area contributed by atoms with E-state index in [2.05, 4.69) is 10.6 Å². The molecule has 0 aliphatic rings. The van der Waals surface area contributed by atoms with Crippen LogP contribution >= 0.6 is 0 Å². The molecule has 0 rings (SSSR count). The molecule has 0 fully saturated rings. The number of carboxylic acids is 1. The molecule has 0 aromatic rings. The molecular weight excluding hydrogens is 288 g/mol. The van der Waals surface area contributed by atoms with Gasteiger partial charge in [0.05, 0.1) is 5.92 Å². The highest BCUT2D eigenvalue weighted by Gasteiger charge is 2.38. The third-order valence-electron chi connectivity index (χ3n) is 3.36. The maximum absolute atomic E-state index is 12.4. The third kappa shape index (κ3) is 6.01. The van der Waals surface area contributed by atoms with Crippen molar-refractivity contribution < 1.29 is 24.6 Å².